The molecule has 8 heteroatoms. The summed E-state index contributed by atoms with van der Waals surface area (Å²) in [6.07, 6.45) is 0.577. The van der Waals surface area contributed by atoms with E-state index in [0.29, 0.717) is 23.0 Å². The van der Waals surface area contributed by atoms with Crippen molar-refractivity contribution in [1.29, 1.82) is 0 Å². The predicted octanol–water partition coefficient (Wildman–Crippen LogP) is 4.18. The molecule has 0 saturated carbocycles. The number of rotatable bonds is 6. The minimum absolute atomic E-state index is 0.195. The normalized spacial score (nSPS) is 11.0. The molecule has 0 spiro atoms. The van der Waals surface area contributed by atoms with E-state index >= 15 is 0 Å². The van der Waals surface area contributed by atoms with Crippen LogP contribution in [0.1, 0.15) is 10.4 Å². The fraction of sp³-hybridized carbons (Fsp3) is 0.174. The number of hydrogen-bond acceptors (Lipinski definition) is 4. The minimum atomic E-state index is -0.488. The summed E-state index contributed by atoms with van der Waals surface area (Å²) >= 11 is 5.03. The maximum atomic E-state index is 13.2. The SMILES string of the molecule is Cc1ccc(NC(=O)Cn2c(=O)n(CCc3cccs3)c(=O)c3ccccc32)c(Br)c1. The van der Waals surface area contributed by atoms with E-state index < -0.39 is 5.69 Å². The Labute approximate surface area is 190 Å². The van der Waals surface area contributed by atoms with Crippen molar-refractivity contribution in [3.63, 3.8) is 0 Å². The number of carbonyl (C=O) groups excluding carboxylic acids is 1. The number of nitrogens with zero attached hydrogens (tertiary/aromatic N) is 2. The molecule has 31 heavy (non-hydrogen) atoms. The average Bonchev–Trinajstić information content (AvgIpc) is 3.27. The first-order chi connectivity index (χ1) is 14.9. The molecular weight excluding hydrogens is 478 g/mol. The molecule has 0 aliphatic carbocycles. The van der Waals surface area contributed by atoms with Crippen LogP contribution in [0.5, 0.6) is 0 Å². The number of amides is 1. The third kappa shape index (κ3) is 4.55. The molecule has 1 amide bonds. The van der Waals surface area contributed by atoms with Crippen molar-refractivity contribution in [2.45, 2.75) is 26.4 Å². The van der Waals surface area contributed by atoms with Crippen molar-refractivity contribution in [2.24, 2.45) is 0 Å². The van der Waals surface area contributed by atoms with Crippen LogP contribution in [-0.2, 0) is 24.3 Å². The monoisotopic (exact) mass is 497 g/mol. The molecule has 0 aliphatic heterocycles. The molecule has 0 fully saturated rings. The number of halogens is 1. The van der Waals surface area contributed by atoms with E-state index in [1.807, 2.05) is 36.6 Å². The predicted molar refractivity (Wildman–Crippen MR) is 128 cm³/mol. The summed E-state index contributed by atoms with van der Waals surface area (Å²) in [5, 5.41) is 5.21. The summed E-state index contributed by atoms with van der Waals surface area (Å²) in [7, 11) is 0. The van der Waals surface area contributed by atoms with Crippen LogP contribution in [0.2, 0.25) is 0 Å². The molecule has 0 unspecified atom stereocenters. The molecule has 0 radical (unpaired) electrons. The quantitative estimate of drug-likeness (QED) is 0.434. The van der Waals surface area contributed by atoms with Gasteiger partial charge in [-0.15, -0.1) is 11.3 Å². The number of aromatic nitrogens is 2. The van der Waals surface area contributed by atoms with E-state index in [-0.39, 0.29) is 24.6 Å². The van der Waals surface area contributed by atoms with E-state index in [4.69, 9.17) is 0 Å². The zero-order valence-electron chi connectivity index (χ0n) is 16.8. The minimum Gasteiger partial charge on any atom is -0.324 e. The molecule has 0 bridgehead atoms. The summed E-state index contributed by atoms with van der Waals surface area (Å²) in [6.45, 7) is 2.02. The lowest BCUT2D eigenvalue weighted by molar-refractivity contribution is -0.116. The van der Waals surface area contributed by atoms with E-state index in [1.165, 1.54) is 9.13 Å². The highest BCUT2D eigenvalue weighted by Crippen LogP contribution is 2.23. The lowest BCUT2D eigenvalue weighted by Gasteiger charge is -2.14. The van der Waals surface area contributed by atoms with Gasteiger partial charge in [0.25, 0.3) is 5.56 Å². The summed E-state index contributed by atoms with van der Waals surface area (Å²) < 4.78 is 3.35. The van der Waals surface area contributed by atoms with Crippen LogP contribution >= 0.6 is 27.3 Å². The summed E-state index contributed by atoms with van der Waals surface area (Å²) in [5.41, 5.74) is 1.31. The Kier molecular flexibility index (Phi) is 6.20. The highest BCUT2D eigenvalue weighted by molar-refractivity contribution is 9.10. The highest BCUT2D eigenvalue weighted by Gasteiger charge is 2.16. The Hall–Kier alpha value is -2.97. The van der Waals surface area contributed by atoms with Crippen molar-refractivity contribution in [3.8, 4) is 0 Å². The maximum Gasteiger partial charge on any atom is 0.331 e. The van der Waals surface area contributed by atoms with Gasteiger partial charge >= 0.3 is 5.69 Å². The molecule has 4 aromatic rings. The Bertz CT molecular complexity index is 1370. The van der Waals surface area contributed by atoms with E-state index in [0.717, 1.165) is 14.9 Å². The van der Waals surface area contributed by atoms with Crippen LogP contribution in [0.4, 0.5) is 5.69 Å². The van der Waals surface area contributed by atoms with Crippen LogP contribution in [0.3, 0.4) is 0 Å². The number of thiophene rings is 1. The molecule has 4 rings (SSSR count). The van der Waals surface area contributed by atoms with Crippen molar-refractivity contribution >= 4 is 49.8 Å². The van der Waals surface area contributed by atoms with Gasteiger partial charge < -0.3 is 5.32 Å². The first-order valence-corrected chi connectivity index (χ1v) is 11.4. The lowest BCUT2D eigenvalue weighted by Crippen LogP contribution is -2.42. The summed E-state index contributed by atoms with van der Waals surface area (Å²) in [4.78, 5) is 40.0. The lowest BCUT2D eigenvalue weighted by atomic mass is 10.2. The van der Waals surface area contributed by atoms with Crippen LogP contribution in [-0.4, -0.2) is 15.0 Å². The molecule has 1 N–H and O–H groups in total. The summed E-state index contributed by atoms with van der Waals surface area (Å²) in [6, 6.07) is 16.4. The summed E-state index contributed by atoms with van der Waals surface area (Å²) in [5.74, 6) is -0.347. The van der Waals surface area contributed by atoms with Crippen molar-refractivity contribution in [1.82, 2.24) is 9.13 Å². The van der Waals surface area contributed by atoms with Gasteiger partial charge in [0.1, 0.15) is 6.54 Å². The molecule has 6 nitrogen and oxygen atoms in total. The molecular formula is C23H20BrN3O3S. The van der Waals surface area contributed by atoms with E-state index in [9.17, 15) is 14.4 Å². The fourth-order valence-corrected chi connectivity index (χ4v) is 4.74. The van der Waals surface area contributed by atoms with Crippen LogP contribution in [0.15, 0.2) is 74.0 Å². The molecule has 2 aromatic heterocycles. The number of carbonyl (C=O) groups is 1. The van der Waals surface area contributed by atoms with Gasteiger partial charge in [-0.25, -0.2) is 4.79 Å². The third-order valence-electron chi connectivity index (χ3n) is 4.99. The number of nitrogens with one attached hydrogen (secondary N) is 1. The van der Waals surface area contributed by atoms with Gasteiger partial charge in [-0.2, -0.15) is 0 Å². The van der Waals surface area contributed by atoms with Gasteiger partial charge in [-0.05, 0) is 70.5 Å². The number of para-hydroxylation sites is 1. The van der Waals surface area contributed by atoms with Crippen LogP contribution < -0.4 is 16.6 Å². The average molecular weight is 498 g/mol. The van der Waals surface area contributed by atoms with Gasteiger partial charge in [0.2, 0.25) is 5.91 Å². The molecule has 0 aliphatic rings. The number of fused-ring (bicyclic) bond motifs is 1. The number of aryl methyl sites for hydroxylation is 2. The van der Waals surface area contributed by atoms with Crippen molar-refractivity contribution in [2.75, 3.05) is 5.32 Å². The third-order valence-corrected chi connectivity index (χ3v) is 6.59. The van der Waals surface area contributed by atoms with Gasteiger partial charge in [-0.3, -0.25) is 18.7 Å². The molecule has 2 aromatic carbocycles. The first kappa shape index (κ1) is 21.3. The number of anilines is 1. The van der Waals surface area contributed by atoms with Crippen molar-refractivity contribution < 1.29 is 4.79 Å². The zero-order valence-corrected chi connectivity index (χ0v) is 19.2. The second kappa shape index (κ2) is 9.03. The highest BCUT2D eigenvalue weighted by atomic mass is 79.9. The Balaban J connectivity index is 1.69. The first-order valence-electron chi connectivity index (χ1n) is 9.75. The zero-order chi connectivity index (χ0) is 22.0. The second-order valence-electron chi connectivity index (χ2n) is 7.20. The maximum absolute atomic E-state index is 13.2. The smallest absolute Gasteiger partial charge is 0.324 e. The second-order valence-corrected chi connectivity index (χ2v) is 9.09. The van der Waals surface area contributed by atoms with E-state index in [1.54, 1.807) is 41.7 Å². The molecule has 0 atom stereocenters. The van der Waals surface area contributed by atoms with Gasteiger partial charge in [0.15, 0.2) is 0 Å². The van der Waals surface area contributed by atoms with Crippen molar-refractivity contribution in [3.05, 3.63) is 95.7 Å². The van der Waals surface area contributed by atoms with Crippen LogP contribution in [0.25, 0.3) is 10.9 Å². The molecule has 158 valence electrons. The number of benzene rings is 2. The molecule has 2 heterocycles. The standard InChI is InChI=1S/C23H20BrN3O3S/c1-15-8-9-19(18(24)13-15)25-21(28)14-27-20-7-3-2-6-17(20)22(29)26(23(27)30)11-10-16-5-4-12-31-16/h2-9,12-13H,10-11,14H2,1H3,(H,25,28). The van der Waals surface area contributed by atoms with Gasteiger partial charge in [-0.1, -0.05) is 24.3 Å². The largest absolute Gasteiger partial charge is 0.331 e. The van der Waals surface area contributed by atoms with Gasteiger partial charge in [0, 0.05) is 15.9 Å². The van der Waals surface area contributed by atoms with Crippen LogP contribution in [0, 0.1) is 6.92 Å². The Morgan fingerprint density at radius 3 is 2.61 bits per heavy atom. The fourth-order valence-electron chi connectivity index (χ4n) is 3.45. The topological polar surface area (TPSA) is 73.1 Å². The number of hydrogen-bond donors (Lipinski definition) is 1. The van der Waals surface area contributed by atoms with Gasteiger partial charge in [0.05, 0.1) is 16.6 Å². The molecule has 0 saturated heterocycles. The Morgan fingerprint density at radius 2 is 1.87 bits per heavy atom. The Morgan fingerprint density at radius 1 is 1.06 bits per heavy atom. The van der Waals surface area contributed by atoms with E-state index in [2.05, 4.69) is 21.2 Å².